The normalized spacial score (nSPS) is 15.3. The SMILES string of the molecule is CC(C)C[C@H](NC(=O)[C@@H]1CCCN1C(=O)[C@H](Cc1ccccc1)NC(=O)CNC(=O)[C@@H](C)NC(=O)[C@@H](N)Cc1ccc(O)cc1)C(=O)N[C@@H](Cc1c[nH]c2ccccc12)C(=O)OCc1cc(C(F)(F)F)cc(C(F)(F)F)c1.O=C(O)C(F)(F)F. The Morgan fingerprint density at radius 3 is 1.88 bits per heavy atom. The van der Waals surface area contributed by atoms with Crippen LogP contribution in [0.4, 0.5) is 39.5 Å². The monoisotopic (exact) mass is 1190 g/mol. The molecule has 0 saturated carbocycles. The number of amides is 6. The zero-order valence-corrected chi connectivity index (χ0v) is 45.2. The van der Waals surface area contributed by atoms with Crippen LogP contribution in [0.1, 0.15) is 73.4 Å². The molecule has 84 heavy (non-hydrogen) atoms. The molecular formula is C56H61F9N8O11. The van der Waals surface area contributed by atoms with E-state index in [9.17, 15) is 78.2 Å². The second-order valence-electron chi connectivity index (χ2n) is 20.1. The van der Waals surface area contributed by atoms with Gasteiger partial charge in [0, 0.05) is 36.5 Å². The van der Waals surface area contributed by atoms with Crippen LogP contribution >= 0.6 is 0 Å². The molecule has 5 aromatic rings. The molecule has 10 N–H and O–H groups in total. The summed E-state index contributed by atoms with van der Waals surface area (Å²) in [5, 5.41) is 30.2. The number of ether oxygens (including phenoxy) is 1. The number of carbonyl (C=O) groups excluding carboxylic acids is 7. The first-order chi connectivity index (χ1) is 39.3. The summed E-state index contributed by atoms with van der Waals surface area (Å²) in [6, 6.07) is 15.0. The van der Waals surface area contributed by atoms with Crippen molar-refractivity contribution in [3.8, 4) is 5.75 Å². The fourth-order valence-corrected chi connectivity index (χ4v) is 8.80. The summed E-state index contributed by atoms with van der Waals surface area (Å²) in [5.74, 6) is -8.60. The predicted octanol–water partition coefficient (Wildman–Crippen LogP) is 5.76. The van der Waals surface area contributed by atoms with Crippen LogP contribution in [-0.4, -0.2) is 123 Å². The van der Waals surface area contributed by atoms with Crippen LogP contribution in [0.15, 0.2) is 103 Å². The maximum Gasteiger partial charge on any atom is 0.490 e. The molecule has 28 heteroatoms. The molecule has 6 rings (SSSR count). The number of H-pyrrole nitrogens is 1. The molecule has 19 nitrogen and oxygen atoms in total. The maximum atomic E-state index is 14.5. The minimum absolute atomic E-state index is 0.00483. The molecule has 1 aliphatic heterocycles. The number of likely N-dealkylation sites (tertiary alicyclic amines) is 1. The van der Waals surface area contributed by atoms with E-state index in [0.717, 1.165) is 0 Å². The number of aromatic amines is 1. The van der Waals surface area contributed by atoms with Crippen molar-refractivity contribution >= 4 is 58.3 Å². The third-order valence-corrected chi connectivity index (χ3v) is 13.0. The number of aliphatic carboxylic acids is 1. The van der Waals surface area contributed by atoms with E-state index in [1.165, 1.54) is 24.0 Å². The standard InChI is InChI=1S/C54H60F6N8O9.C2HF3O2/c1-30(2)20-42(49(73)67-44(25-35-27-62-41-13-8-7-12-39(35)41)52(76)77-29-34-21-36(53(55,56)57)26-37(22-34)54(58,59)60)66-50(74)45-14-9-19-68(45)51(75)43(24-32-10-5-4-6-11-32)65-46(70)28-63-47(71)31(3)64-48(72)40(61)23-33-15-17-38(69)18-16-33;3-2(4,5)1(6)7/h4-8,10-13,15-18,21-22,26-27,30-31,40,42-45,62,69H,9,14,19-20,23-25,28-29,61H2,1-3H3,(H,63,71)(H,64,72)(H,65,70)(H,66,74)(H,67,73);(H,6,7)/t31-,40+,42+,43+,44+,45+;/m1./s1. The number of phenolic OH excluding ortho intramolecular Hbond substituents is 1. The number of carboxylic acid groups (broad SMARTS) is 1. The second kappa shape index (κ2) is 29.0. The lowest BCUT2D eigenvalue weighted by Gasteiger charge is -2.30. The second-order valence-corrected chi connectivity index (χ2v) is 20.1. The summed E-state index contributed by atoms with van der Waals surface area (Å²) >= 11 is 0. The van der Waals surface area contributed by atoms with Crippen molar-refractivity contribution < 1.29 is 92.8 Å². The van der Waals surface area contributed by atoms with Crippen molar-refractivity contribution in [3.05, 3.63) is 137 Å². The van der Waals surface area contributed by atoms with Crippen molar-refractivity contribution in [1.82, 2.24) is 36.5 Å². The van der Waals surface area contributed by atoms with Gasteiger partial charge in [-0.1, -0.05) is 74.5 Å². The van der Waals surface area contributed by atoms with Crippen LogP contribution in [0, 0.1) is 5.92 Å². The van der Waals surface area contributed by atoms with Crippen molar-refractivity contribution in [2.45, 2.75) is 121 Å². The molecule has 0 aliphatic carbocycles. The summed E-state index contributed by atoms with van der Waals surface area (Å²) in [4.78, 5) is 109. The Morgan fingerprint density at radius 1 is 0.690 bits per heavy atom. The number of benzene rings is 4. The number of nitrogens with two attached hydrogens (primary N) is 1. The largest absolute Gasteiger partial charge is 0.508 e. The summed E-state index contributed by atoms with van der Waals surface area (Å²) in [7, 11) is 0. The topological polar surface area (TPSA) is 291 Å². The van der Waals surface area contributed by atoms with Gasteiger partial charge in [-0.25, -0.2) is 9.59 Å². The molecule has 2 heterocycles. The van der Waals surface area contributed by atoms with Gasteiger partial charge in [-0.2, -0.15) is 39.5 Å². The number of carbonyl (C=O) groups is 8. The average Bonchev–Trinajstić information content (AvgIpc) is 3.74. The lowest BCUT2D eigenvalue weighted by atomic mass is 10.0. The van der Waals surface area contributed by atoms with Gasteiger partial charge >= 0.3 is 30.5 Å². The molecule has 1 fully saturated rings. The van der Waals surface area contributed by atoms with E-state index in [1.54, 1.807) is 86.8 Å². The van der Waals surface area contributed by atoms with E-state index in [2.05, 4.69) is 31.6 Å². The highest BCUT2D eigenvalue weighted by atomic mass is 19.4. The molecule has 1 aromatic heterocycles. The molecular weight excluding hydrogens is 1130 g/mol. The van der Waals surface area contributed by atoms with Crippen molar-refractivity contribution in [2.75, 3.05) is 13.1 Å². The Hall–Kier alpha value is -8.69. The van der Waals surface area contributed by atoms with Gasteiger partial charge in [-0.3, -0.25) is 28.8 Å². The van der Waals surface area contributed by atoms with Gasteiger partial charge in [0.1, 0.15) is 42.6 Å². The molecule has 0 spiro atoms. The molecule has 6 amide bonds. The quantitative estimate of drug-likeness (QED) is 0.0296. The van der Waals surface area contributed by atoms with Crippen LogP contribution in [0.25, 0.3) is 10.9 Å². The molecule has 4 aromatic carbocycles. The number of hydrogen-bond acceptors (Lipinski definition) is 11. The van der Waals surface area contributed by atoms with E-state index >= 15 is 0 Å². The average molecular weight is 1190 g/mol. The number of halogens is 9. The number of fused-ring (bicyclic) bond motifs is 1. The number of rotatable bonds is 22. The number of nitrogens with zero attached hydrogens (tertiary/aromatic N) is 1. The zero-order chi connectivity index (χ0) is 62.3. The first-order valence-corrected chi connectivity index (χ1v) is 26.0. The summed E-state index contributed by atoms with van der Waals surface area (Å²) in [6.07, 6.45) is -13.5. The van der Waals surface area contributed by atoms with Gasteiger partial charge in [0.2, 0.25) is 35.4 Å². The Labute approximate surface area is 474 Å². The number of aromatic nitrogens is 1. The number of esters is 1. The lowest BCUT2D eigenvalue weighted by Crippen LogP contribution is -2.58. The zero-order valence-electron chi connectivity index (χ0n) is 45.2. The first kappa shape index (κ1) is 66.1. The number of nitrogens with one attached hydrogen (secondary N) is 6. The van der Waals surface area contributed by atoms with E-state index in [0.29, 0.717) is 46.1 Å². The fraction of sp³-hybridized carbons (Fsp3) is 0.393. The van der Waals surface area contributed by atoms with Crippen molar-refractivity contribution in [1.29, 1.82) is 0 Å². The van der Waals surface area contributed by atoms with E-state index in [1.807, 2.05) is 0 Å². The number of carboxylic acids is 1. The summed E-state index contributed by atoms with van der Waals surface area (Å²) in [5.41, 5.74) is 4.65. The van der Waals surface area contributed by atoms with Crippen LogP contribution < -0.4 is 32.3 Å². The molecule has 1 saturated heterocycles. The van der Waals surface area contributed by atoms with Crippen LogP contribution in [0.5, 0.6) is 5.75 Å². The van der Waals surface area contributed by atoms with E-state index < -0.39 is 132 Å². The van der Waals surface area contributed by atoms with Gasteiger partial charge in [0.25, 0.3) is 0 Å². The smallest absolute Gasteiger partial charge is 0.490 e. The molecule has 454 valence electrons. The van der Waals surface area contributed by atoms with Gasteiger partial charge in [0.05, 0.1) is 23.7 Å². The van der Waals surface area contributed by atoms with Gasteiger partial charge in [0.15, 0.2) is 0 Å². The van der Waals surface area contributed by atoms with Crippen LogP contribution in [0.3, 0.4) is 0 Å². The van der Waals surface area contributed by atoms with Gasteiger partial charge in [-0.15, -0.1) is 0 Å². The highest BCUT2D eigenvalue weighted by Crippen LogP contribution is 2.37. The van der Waals surface area contributed by atoms with Crippen molar-refractivity contribution in [3.63, 3.8) is 0 Å². The predicted molar refractivity (Wildman–Crippen MR) is 282 cm³/mol. The third kappa shape index (κ3) is 19.8. The summed E-state index contributed by atoms with van der Waals surface area (Å²) < 4.78 is 119. The van der Waals surface area contributed by atoms with Crippen LogP contribution in [0.2, 0.25) is 0 Å². The molecule has 0 unspecified atom stereocenters. The van der Waals surface area contributed by atoms with Crippen molar-refractivity contribution in [2.24, 2.45) is 11.7 Å². The highest BCUT2D eigenvalue weighted by Gasteiger charge is 2.41. The van der Waals surface area contributed by atoms with Crippen LogP contribution in [-0.2, 0) is 81.3 Å². The third-order valence-electron chi connectivity index (χ3n) is 13.0. The number of hydrogen-bond donors (Lipinski definition) is 9. The number of aromatic hydroxyl groups is 1. The minimum atomic E-state index is -5.16. The minimum Gasteiger partial charge on any atom is -0.508 e. The Kier molecular flexibility index (Phi) is 22.8. The Bertz CT molecular complexity index is 3090. The van der Waals surface area contributed by atoms with E-state index in [-0.39, 0.29) is 56.4 Å². The number of phenols is 1. The summed E-state index contributed by atoms with van der Waals surface area (Å²) in [6.45, 7) is 3.35. The Morgan fingerprint density at radius 2 is 1.29 bits per heavy atom. The highest BCUT2D eigenvalue weighted by molar-refractivity contribution is 5.97. The van der Waals surface area contributed by atoms with Gasteiger partial charge < -0.3 is 57.2 Å². The number of alkyl halides is 9. The molecule has 6 atom stereocenters. The lowest BCUT2D eigenvalue weighted by molar-refractivity contribution is -0.192. The number of para-hydroxylation sites is 1. The molecule has 0 bridgehead atoms. The first-order valence-electron chi connectivity index (χ1n) is 26.0. The fourth-order valence-electron chi connectivity index (χ4n) is 8.80. The maximum absolute atomic E-state index is 14.5. The van der Waals surface area contributed by atoms with Gasteiger partial charge in [-0.05, 0) is 97.2 Å². The molecule has 1 aliphatic rings. The Balaban J connectivity index is 0.00000173. The molecule has 0 radical (unpaired) electrons. The van der Waals surface area contributed by atoms with E-state index in [4.69, 9.17) is 20.4 Å².